The molecule has 0 radical (unpaired) electrons. The number of benzene rings is 1. The van der Waals surface area contributed by atoms with Crippen LogP contribution in [0.25, 0.3) is 0 Å². The number of halogens is 1. The van der Waals surface area contributed by atoms with Crippen LogP contribution in [0.4, 0.5) is 0 Å². The Morgan fingerprint density at radius 2 is 1.72 bits per heavy atom. The lowest BCUT2D eigenvalue weighted by molar-refractivity contribution is 0.0320. The fraction of sp³-hybridized carbons (Fsp3) is 0.500. The van der Waals surface area contributed by atoms with Gasteiger partial charge in [-0.25, -0.2) is 0 Å². The number of rotatable bonds is 8. The van der Waals surface area contributed by atoms with Gasteiger partial charge >= 0.3 is 0 Å². The van der Waals surface area contributed by atoms with E-state index in [1.54, 1.807) is 18.2 Å². The number of methoxy groups -OCH3 is 2. The zero-order valence-corrected chi connectivity index (χ0v) is 11.1. The highest BCUT2D eigenvalue weighted by Gasteiger charge is 2.11. The van der Waals surface area contributed by atoms with Crippen molar-refractivity contribution in [1.82, 2.24) is 0 Å². The number of aliphatic hydroxyl groups excluding tert-OH is 1. The van der Waals surface area contributed by atoms with Crippen LogP contribution in [0.2, 0.25) is 0 Å². The van der Waals surface area contributed by atoms with Crippen LogP contribution in [0, 0.1) is 0 Å². The third kappa shape index (κ3) is 4.34. The van der Waals surface area contributed by atoms with Crippen LogP contribution in [-0.4, -0.2) is 38.8 Å². The maximum Gasteiger partial charge on any atom is 0.188 e. The summed E-state index contributed by atoms with van der Waals surface area (Å²) in [5, 5.41) is 9.66. The molecule has 1 unspecified atom stereocenters. The van der Waals surface area contributed by atoms with Gasteiger partial charge in [-0.15, -0.1) is 11.6 Å². The highest BCUT2D eigenvalue weighted by atomic mass is 35.5. The lowest BCUT2D eigenvalue weighted by Crippen LogP contribution is -2.06. The second kappa shape index (κ2) is 8.16. The summed E-state index contributed by atoms with van der Waals surface area (Å²) < 4.78 is 20.4. The SMILES string of the molecule is COCOc1ccc(C(O)CCl)cc1OCOC. The maximum absolute atomic E-state index is 9.66. The minimum absolute atomic E-state index is 0.0871. The van der Waals surface area contributed by atoms with Crippen molar-refractivity contribution in [3.63, 3.8) is 0 Å². The average molecular weight is 277 g/mol. The third-order valence-corrected chi connectivity index (χ3v) is 2.46. The van der Waals surface area contributed by atoms with Gasteiger partial charge in [0.15, 0.2) is 25.1 Å². The Morgan fingerprint density at radius 1 is 1.11 bits per heavy atom. The van der Waals surface area contributed by atoms with Crippen LogP contribution in [0.15, 0.2) is 18.2 Å². The smallest absolute Gasteiger partial charge is 0.188 e. The fourth-order valence-corrected chi connectivity index (χ4v) is 1.48. The molecule has 0 aliphatic rings. The minimum Gasteiger partial charge on any atom is -0.464 e. The van der Waals surface area contributed by atoms with Crippen LogP contribution in [0.1, 0.15) is 11.7 Å². The lowest BCUT2D eigenvalue weighted by Gasteiger charge is -2.14. The van der Waals surface area contributed by atoms with Crippen LogP contribution in [0.5, 0.6) is 11.5 Å². The predicted molar refractivity (Wildman–Crippen MR) is 67.1 cm³/mol. The monoisotopic (exact) mass is 276 g/mol. The Kier molecular flexibility index (Phi) is 6.82. The summed E-state index contributed by atoms with van der Waals surface area (Å²) in [4.78, 5) is 0. The largest absolute Gasteiger partial charge is 0.464 e. The fourth-order valence-electron chi connectivity index (χ4n) is 1.30. The summed E-state index contributed by atoms with van der Waals surface area (Å²) in [6.45, 7) is 0.199. The third-order valence-electron chi connectivity index (χ3n) is 2.16. The first kappa shape index (κ1) is 15.0. The van der Waals surface area contributed by atoms with E-state index in [1.807, 2.05) is 0 Å². The number of hydrogen-bond acceptors (Lipinski definition) is 5. The highest BCUT2D eigenvalue weighted by Crippen LogP contribution is 2.31. The summed E-state index contributed by atoms with van der Waals surface area (Å²) in [5.74, 6) is 1.09. The molecule has 0 amide bonds. The van der Waals surface area contributed by atoms with Crippen LogP contribution < -0.4 is 9.47 Å². The van der Waals surface area contributed by atoms with Gasteiger partial charge in [-0.05, 0) is 17.7 Å². The van der Waals surface area contributed by atoms with Crippen molar-refractivity contribution in [1.29, 1.82) is 0 Å². The van der Waals surface area contributed by atoms with E-state index in [9.17, 15) is 5.11 Å². The van der Waals surface area contributed by atoms with E-state index >= 15 is 0 Å². The van der Waals surface area contributed by atoms with Crippen LogP contribution >= 0.6 is 11.6 Å². The van der Waals surface area contributed by atoms with E-state index in [0.717, 1.165) is 0 Å². The van der Waals surface area contributed by atoms with Gasteiger partial charge in [0.25, 0.3) is 0 Å². The number of alkyl halides is 1. The molecule has 0 saturated heterocycles. The van der Waals surface area contributed by atoms with E-state index in [-0.39, 0.29) is 19.5 Å². The average Bonchev–Trinajstić information content (AvgIpc) is 2.42. The standard InChI is InChI=1S/C12H17ClO5/c1-15-7-17-11-4-3-9(10(14)6-13)5-12(11)18-8-16-2/h3-5,10,14H,6-8H2,1-2H3. The quantitative estimate of drug-likeness (QED) is 0.581. The molecule has 0 fully saturated rings. The van der Waals surface area contributed by atoms with Crippen molar-refractivity contribution in [2.45, 2.75) is 6.10 Å². The topological polar surface area (TPSA) is 57.2 Å². The van der Waals surface area contributed by atoms with Crippen molar-refractivity contribution < 1.29 is 24.1 Å². The van der Waals surface area contributed by atoms with Crippen LogP contribution in [0.3, 0.4) is 0 Å². The van der Waals surface area contributed by atoms with Gasteiger partial charge in [0.05, 0.1) is 12.0 Å². The van der Waals surface area contributed by atoms with E-state index < -0.39 is 6.10 Å². The molecule has 1 aromatic rings. The number of ether oxygens (including phenoxy) is 4. The molecule has 102 valence electrons. The van der Waals surface area contributed by atoms with Gasteiger partial charge in [-0.1, -0.05) is 6.07 Å². The summed E-state index contributed by atoms with van der Waals surface area (Å²) in [6.07, 6.45) is -0.743. The molecule has 1 N–H and O–H groups in total. The molecule has 1 atom stereocenters. The first-order valence-corrected chi connectivity index (χ1v) is 5.87. The summed E-state index contributed by atoms with van der Waals surface area (Å²) in [6, 6.07) is 5.07. The molecule has 0 aromatic heterocycles. The Bertz CT molecular complexity index is 358. The molecule has 0 heterocycles. The van der Waals surface area contributed by atoms with Crippen molar-refractivity contribution >= 4 is 11.6 Å². The predicted octanol–water partition coefficient (Wildman–Crippen LogP) is 1.92. The molecule has 0 bridgehead atoms. The molecule has 6 heteroatoms. The van der Waals surface area contributed by atoms with E-state index in [2.05, 4.69) is 0 Å². The van der Waals surface area contributed by atoms with Gasteiger partial charge in [-0.2, -0.15) is 0 Å². The lowest BCUT2D eigenvalue weighted by atomic mass is 10.1. The number of aliphatic hydroxyl groups is 1. The Balaban J connectivity index is 2.88. The van der Waals surface area contributed by atoms with Gasteiger partial charge in [0.2, 0.25) is 0 Å². The molecule has 1 rings (SSSR count). The summed E-state index contributed by atoms with van der Waals surface area (Å²) in [7, 11) is 3.05. The Morgan fingerprint density at radius 3 is 2.28 bits per heavy atom. The van der Waals surface area contributed by atoms with Gasteiger partial charge < -0.3 is 24.1 Å². The second-order valence-corrected chi connectivity index (χ2v) is 3.79. The molecule has 0 saturated carbocycles. The van der Waals surface area contributed by atoms with Crippen LogP contribution in [-0.2, 0) is 9.47 Å². The van der Waals surface area contributed by atoms with E-state index in [0.29, 0.717) is 17.1 Å². The normalized spacial score (nSPS) is 12.2. The molecule has 1 aromatic carbocycles. The highest BCUT2D eigenvalue weighted by molar-refractivity contribution is 6.18. The summed E-state index contributed by atoms with van der Waals surface area (Å²) >= 11 is 5.60. The van der Waals surface area contributed by atoms with Crippen molar-refractivity contribution in [3.8, 4) is 11.5 Å². The molecule has 0 spiro atoms. The van der Waals surface area contributed by atoms with Gasteiger partial charge in [0.1, 0.15) is 0 Å². The molecule has 5 nitrogen and oxygen atoms in total. The molecule has 0 aliphatic heterocycles. The second-order valence-electron chi connectivity index (χ2n) is 3.48. The Labute approximate surface area is 111 Å². The molecular weight excluding hydrogens is 260 g/mol. The van der Waals surface area contributed by atoms with Crippen molar-refractivity contribution in [2.24, 2.45) is 0 Å². The maximum atomic E-state index is 9.66. The minimum atomic E-state index is -0.743. The first-order chi connectivity index (χ1) is 8.72. The molecule has 18 heavy (non-hydrogen) atoms. The first-order valence-electron chi connectivity index (χ1n) is 5.34. The van der Waals surface area contributed by atoms with E-state index in [1.165, 1.54) is 14.2 Å². The van der Waals surface area contributed by atoms with Crippen molar-refractivity contribution in [2.75, 3.05) is 33.7 Å². The Hall–Kier alpha value is -1.01. The zero-order chi connectivity index (χ0) is 13.4. The number of hydrogen-bond donors (Lipinski definition) is 1. The van der Waals surface area contributed by atoms with Crippen molar-refractivity contribution in [3.05, 3.63) is 23.8 Å². The van der Waals surface area contributed by atoms with E-state index in [4.69, 9.17) is 30.5 Å². The van der Waals surface area contributed by atoms with Gasteiger partial charge in [-0.3, -0.25) is 0 Å². The molecular formula is C12H17ClO5. The summed E-state index contributed by atoms with van der Waals surface area (Å²) in [5.41, 5.74) is 0.654. The zero-order valence-electron chi connectivity index (χ0n) is 10.4. The van der Waals surface area contributed by atoms with Gasteiger partial charge in [0, 0.05) is 14.2 Å². The molecule has 0 aliphatic carbocycles.